The van der Waals surface area contributed by atoms with Crippen molar-refractivity contribution in [1.29, 1.82) is 0 Å². The summed E-state index contributed by atoms with van der Waals surface area (Å²) in [5.41, 5.74) is 2.12. The van der Waals surface area contributed by atoms with Crippen molar-refractivity contribution in [2.24, 2.45) is 7.05 Å². The first-order valence-electron chi connectivity index (χ1n) is 9.95. The number of hydrogen-bond donors (Lipinski definition) is 0. The molecule has 0 bridgehead atoms. The predicted octanol–water partition coefficient (Wildman–Crippen LogP) is 1.95. The van der Waals surface area contributed by atoms with E-state index in [-0.39, 0.29) is 23.9 Å². The van der Waals surface area contributed by atoms with Gasteiger partial charge in [-0.2, -0.15) is 5.10 Å². The predicted molar refractivity (Wildman–Crippen MR) is 109 cm³/mol. The Balaban J connectivity index is 1.44. The number of aromatic nitrogens is 3. The molecule has 2 atom stereocenters. The van der Waals surface area contributed by atoms with E-state index in [1.54, 1.807) is 36.0 Å². The molecule has 0 spiro atoms. The van der Waals surface area contributed by atoms with Gasteiger partial charge in [-0.3, -0.25) is 14.3 Å². The quantitative estimate of drug-likeness (QED) is 0.665. The van der Waals surface area contributed by atoms with Crippen LogP contribution in [0.4, 0.5) is 0 Å². The fraction of sp³-hybridized carbons (Fsp3) is 0.318. The van der Waals surface area contributed by atoms with Crippen LogP contribution in [-0.2, 0) is 13.6 Å². The highest BCUT2D eigenvalue weighted by Crippen LogP contribution is 2.35. The summed E-state index contributed by atoms with van der Waals surface area (Å²) in [6.07, 6.45) is 3.70. The summed E-state index contributed by atoms with van der Waals surface area (Å²) in [6, 6.07) is 13.1. The van der Waals surface area contributed by atoms with Crippen molar-refractivity contribution in [2.75, 3.05) is 20.2 Å². The van der Waals surface area contributed by atoms with Crippen LogP contribution in [0.1, 0.15) is 32.6 Å². The lowest BCUT2D eigenvalue weighted by molar-refractivity contribution is 0.0550. The van der Waals surface area contributed by atoms with Gasteiger partial charge >= 0.3 is 0 Å². The highest BCUT2D eigenvalue weighted by atomic mass is 16.5. The van der Waals surface area contributed by atoms with Gasteiger partial charge in [0.1, 0.15) is 17.1 Å². The normalized spacial score (nSPS) is 20.3. The summed E-state index contributed by atoms with van der Waals surface area (Å²) in [5, 5.41) is 4.25. The maximum absolute atomic E-state index is 13.3. The molecule has 5 rings (SSSR count). The Hall–Kier alpha value is -3.55. The standard InChI is InChI=1S/C22H23N5O3/c1-24-11-9-17(23-24)21(28)25-13-19-20(14-25)27(22(29)18-4-3-10-26(18)19)12-15-5-7-16(30-2)8-6-15/h3-11,19-20H,12-14H2,1-2H3/t19-,20+/m0/s1. The molecule has 2 amide bonds. The van der Waals surface area contributed by atoms with Crippen molar-refractivity contribution in [2.45, 2.75) is 18.6 Å². The largest absolute Gasteiger partial charge is 0.497 e. The van der Waals surface area contributed by atoms with Crippen LogP contribution in [0.5, 0.6) is 5.75 Å². The Kier molecular flexibility index (Phi) is 4.34. The molecule has 2 aliphatic rings. The van der Waals surface area contributed by atoms with Crippen LogP contribution in [0.2, 0.25) is 0 Å². The van der Waals surface area contributed by atoms with Crippen molar-refractivity contribution in [3.8, 4) is 5.75 Å². The summed E-state index contributed by atoms with van der Waals surface area (Å²) in [6.45, 7) is 1.52. The van der Waals surface area contributed by atoms with Gasteiger partial charge in [-0.15, -0.1) is 0 Å². The number of nitrogens with zero attached hydrogens (tertiary/aromatic N) is 5. The van der Waals surface area contributed by atoms with Crippen LogP contribution < -0.4 is 4.74 Å². The average Bonchev–Trinajstić information content (AvgIpc) is 3.50. The highest BCUT2D eigenvalue weighted by Gasteiger charge is 2.46. The Morgan fingerprint density at radius 1 is 1.10 bits per heavy atom. The van der Waals surface area contributed by atoms with Crippen LogP contribution in [0.15, 0.2) is 54.9 Å². The molecule has 0 aliphatic carbocycles. The number of hydrogen-bond acceptors (Lipinski definition) is 4. The molecule has 30 heavy (non-hydrogen) atoms. The lowest BCUT2D eigenvalue weighted by atomic mass is 10.0. The molecule has 0 saturated carbocycles. The van der Waals surface area contributed by atoms with Gasteiger partial charge in [0.2, 0.25) is 0 Å². The van der Waals surface area contributed by atoms with Crippen LogP contribution in [-0.4, -0.2) is 62.2 Å². The fourth-order valence-electron chi connectivity index (χ4n) is 4.48. The topological polar surface area (TPSA) is 72.6 Å². The Morgan fingerprint density at radius 2 is 1.87 bits per heavy atom. The molecule has 1 saturated heterocycles. The van der Waals surface area contributed by atoms with Crippen molar-refractivity contribution in [3.05, 3.63) is 71.8 Å². The number of aryl methyl sites for hydroxylation is 1. The van der Waals surface area contributed by atoms with Crippen LogP contribution in [0.3, 0.4) is 0 Å². The van der Waals surface area contributed by atoms with Crippen LogP contribution in [0.25, 0.3) is 0 Å². The molecule has 154 valence electrons. The zero-order valence-electron chi connectivity index (χ0n) is 16.9. The average molecular weight is 405 g/mol. The third-order valence-corrected chi connectivity index (χ3v) is 6.01. The van der Waals surface area contributed by atoms with Gasteiger partial charge in [-0.1, -0.05) is 12.1 Å². The first-order valence-corrected chi connectivity index (χ1v) is 9.95. The SMILES string of the molecule is COc1ccc(CN2C(=O)c3cccn3[C@H]3CN(C(=O)c4ccn(C)n4)C[C@H]32)cc1. The van der Waals surface area contributed by atoms with Gasteiger partial charge in [0.25, 0.3) is 11.8 Å². The maximum Gasteiger partial charge on any atom is 0.274 e. The van der Waals surface area contributed by atoms with Gasteiger partial charge in [-0.25, -0.2) is 0 Å². The molecule has 0 N–H and O–H groups in total. The molecule has 3 aromatic rings. The molecule has 4 heterocycles. The van der Waals surface area contributed by atoms with Gasteiger partial charge in [0.15, 0.2) is 0 Å². The minimum atomic E-state index is -0.101. The van der Waals surface area contributed by atoms with Crippen LogP contribution in [0, 0.1) is 0 Å². The van der Waals surface area contributed by atoms with Gasteiger partial charge < -0.3 is 19.1 Å². The lowest BCUT2D eigenvalue weighted by Gasteiger charge is -2.38. The lowest BCUT2D eigenvalue weighted by Crippen LogP contribution is -2.49. The first kappa shape index (κ1) is 18.5. The number of amides is 2. The number of fused-ring (bicyclic) bond motifs is 3. The second-order valence-electron chi connectivity index (χ2n) is 7.80. The number of ether oxygens (including phenoxy) is 1. The summed E-state index contributed by atoms with van der Waals surface area (Å²) in [5.74, 6) is 0.670. The van der Waals surface area contributed by atoms with E-state index >= 15 is 0 Å². The van der Waals surface area contributed by atoms with E-state index in [2.05, 4.69) is 5.10 Å². The third-order valence-electron chi connectivity index (χ3n) is 6.01. The van der Waals surface area contributed by atoms with E-state index in [9.17, 15) is 9.59 Å². The first-order chi connectivity index (χ1) is 14.5. The fourth-order valence-corrected chi connectivity index (χ4v) is 4.48. The molecule has 0 radical (unpaired) electrons. The zero-order valence-corrected chi connectivity index (χ0v) is 16.9. The minimum absolute atomic E-state index is 0.01000. The Bertz CT molecular complexity index is 1100. The molecule has 1 aromatic carbocycles. The number of rotatable bonds is 4. The molecule has 8 heteroatoms. The second kappa shape index (κ2) is 7.05. The zero-order chi connectivity index (χ0) is 20.8. The Morgan fingerprint density at radius 3 is 2.57 bits per heavy atom. The molecular weight excluding hydrogens is 382 g/mol. The molecule has 8 nitrogen and oxygen atoms in total. The second-order valence-corrected chi connectivity index (χ2v) is 7.80. The van der Waals surface area contributed by atoms with Gasteiger partial charge in [0.05, 0.1) is 19.2 Å². The smallest absolute Gasteiger partial charge is 0.274 e. The van der Waals surface area contributed by atoms with Crippen molar-refractivity contribution >= 4 is 11.8 Å². The van der Waals surface area contributed by atoms with E-state index in [1.165, 1.54) is 0 Å². The number of likely N-dealkylation sites (tertiary alicyclic amines) is 1. The van der Waals surface area contributed by atoms with Crippen molar-refractivity contribution < 1.29 is 14.3 Å². The highest BCUT2D eigenvalue weighted by molar-refractivity contribution is 5.95. The van der Waals surface area contributed by atoms with E-state index in [4.69, 9.17) is 4.74 Å². The molecule has 1 fully saturated rings. The van der Waals surface area contributed by atoms with Crippen LogP contribution >= 0.6 is 0 Å². The van der Waals surface area contributed by atoms with Gasteiger partial charge in [0, 0.05) is 39.1 Å². The maximum atomic E-state index is 13.3. The third kappa shape index (κ3) is 2.96. The number of carbonyl (C=O) groups is 2. The van der Waals surface area contributed by atoms with E-state index in [0.717, 1.165) is 11.3 Å². The summed E-state index contributed by atoms with van der Waals surface area (Å²) < 4.78 is 8.88. The molecule has 2 aliphatic heterocycles. The summed E-state index contributed by atoms with van der Waals surface area (Å²) >= 11 is 0. The number of methoxy groups -OCH3 is 1. The number of benzene rings is 1. The summed E-state index contributed by atoms with van der Waals surface area (Å²) in [7, 11) is 3.43. The van der Waals surface area contributed by atoms with Crippen molar-refractivity contribution in [1.82, 2.24) is 24.1 Å². The van der Waals surface area contributed by atoms with E-state index in [0.29, 0.717) is 31.0 Å². The van der Waals surface area contributed by atoms with E-state index < -0.39 is 0 Å². The Labute approximate surface area is 174 Å². The number of carbonyl (C=O) groups excluding carboxylic acids is 2. The van der Waals surface area contributed by atoms with Gasteiger partial charge in [-0.05, 0) is 35.9 Å². The molecule has 2 aromatic heterocycles. The monoisotopic (exact) mass is 405 g/mol. The molecular formula is C22H23N5O3. The minimum Gasteiger partial charge on any atom is -0.497 e. The van der Waals surface area contributed by atoms with Crippen molar-refractivity contribution in [3.63, 3.8) is 0 Å². The van der Waals surface area contributed by atoms with E-state index in [1.807, 2.05) is 52.1 Å². The summed E-state index contributed by atoms with van der Waals surface area (Å²) in [4.78, 5) is 30.0. The molecule has 0 unspecified atom stereocenters.